The number of hydrogen-bond donors (Lipinski definition) is 2. The van der Waals surface area contributed by atoms with Crippen molar-refractivity contribution in [1.29, 1.82) is 0 Å². The molecule has 0 radical (unpaired) electrons. The van der Waals surface area contributed by atoms with Crippen LogP contribution in [0.15, 0.2) is 46.0 Å². The minimum atomic E-state index is -2.98. The largest absolute Gasteiger partial charge is 0.493 e. The standard InChI is InChI=1S/C20H19F2N3O5/c1-3-25-14-6-5-12(9-13(14)24-18(27)19(25)28)17(26)23-10-11-4-7-15(30-20(21)22)16(8-11)29-2/h4-9,20H,3,10H2,1-2H3,(H,23,26)(H,24,27). The van der Waals surface area contributed by atoms with Gasteiger partial charge in [0.1, 0.15) is 0 Å². The van der Waals surface area contributed by atoms with Gasteiger partial charge < -0.3 is 24.3 Å². The van der Waals surface area contributed by atoms with Crippen LogP contribution in [0.5, 0.6) is 11.5 Å². The van der Waals surface area contributed by atoms with Gasteiger partial charge in [-0.05, 0) is 42.8 Å². The number of aryl methyl sites for hydroxylation is 1. The molecular formula is C20H19F2N3O5. The Hall–Kier alpha value is -3.69. The molecule has 1 heterocycles. The number of carbonyl (C=O) groups is 1. The summed E-state index contributed by atoms with van der Waals surface area (Å²) >= 11 is 0. The third kappa shape index (κ3) is 4.32. The normalized spacial score (nSPS) is 11.0. The summed E-state index contributed by atoms with van der Waals surface area (Å²) in [7, 11) is 1.32. The molecule has 1 amide bonds. The van der Waals surface area contributed by atoms with Crippen LogP contribution in [-0.2, 0) is 13.1 Å². The lowest BCUT2D eigenvalue weighted by Crippen LogP contribution is -2.36. The van der Waals surface area contributed by atoms with Crippen molar-refractivity contribution in [2.75, 3.05) is 7.11 Å². The second-order valence-corrected chi connectivity index (χ2v) is 6.28. The number of carbonyl (C=O) groups excluding carboxylic acids is 1. The topological polar surface area (TPSA) is 102 Å². The number of hydrogen-bond acceptors (Lipinski definition) is 5. The predicted molar refractivity (Wildman–Crippen MR) is 105 cm³/mol. The molecular weight excluding hydrogens is 400 g/mol. The highest BCUT2D eigenvalue weighted by Gasteiger charge is 2.13. The molecule has 0 spiro atoms. The molecule has 3 rings (SSSR count). The van der Waals surface area contributed by atoms with Gasteiger partial charge in [-0.15, -0.1) is 0 Å². The van der Waals surface area contributed by atoms with E-state index in [2.05, 4.69) is 15.0 Å². The number of alkyl halides is 2. The molecule has 0 unspecified atom stereocenters. The molecule has 0 aliphatic heterocycles. The number of rotatable bonds is 7. The summed E-state index contributed by atoms with van der Waals surface area (Å²) in [6, 6.07) is 8.95. The smallest absolute Gasteiger partial charge is 0.387 e. The van der Waals surface area contributed by atoms with E-state index < -0.39 is 23.6 Å². The SMILES string of the molecule is CCn1c(=O)c(=O)[nH]c2cc(C(=O)NCc3ccc(OC(F)F)c(OC)c3)ccc21. The highest BCUT2D eigenvalue weighted by molar-refractivity contribution is 5.97. The Morgan fingerprint density at radius 2 is 1.93 bits per heavy atom. The number of methoxy groups -OCH3 is 1. The van der Waals surface area contributed by atoms with E-state index in [0.717, 1.165) is 0 Å². The number of amides is 1. The van der Waals surface area contributed by atoms with Crippen LogP contribution in [0, 0.1) is 0 Å². The lowest BCUT2D eigenvalue weighted by Gasteiger charge is -2.12. The Bertz CT molecular complexity index is 1200. The van der Waals surface area contributed by atoms with Gasteiger partial charge in [0.15, 0.2) is 11.5 Å². The fourth-order valence-electron chi connectivity index (χ4n) is 3.03. The average molecular weight is 419 g/mol. The highest BCUT2D eigenvalue weighted by Crippen LogP contribution is 2.29. The maximum atomic E-state index is 12.5. The molecule has 0 saturated carbocycles. The molecule has 3 aromatic rings. The van der Waals surface area contributed by atoms with Gasteiger partial charge in [-0.25, -0.2) is 0 Å². The van der Waals surface area contributed by atoms with E-state index in [9.17, 15) is 23.2 Å². The average Bonchev–Trinajstić information content (AvgIpc) is 2.73. The van der Waals surface area contributed by atoms with Crippen molar-refractivity contribution >= 4 is 16.9 Å². The minimum Gasteiger partial charge on any atom is -0.493 e. The molecule has 2 aromatic carbocycles. The first-order valence-corrected chi connectivity index (χ1v) is 9.00. The Labute approximate surface area is 169 Å². The molecule has 0 saturated heterocycles. The Balaban J connectivity index is 1.79. The molecule has 158 valence electrons. The first kappa shape index (κ1) is 21.0. The van der Waals surface area contributed by atoms with E-state index in [0.29, 0.717) is 23.1 Å². The number of aromatic nitrogens is 2. The lowest BCUT2D eigenvalue weighted by molar-refractivity contribution is -0.0512. The summed E-state index contributed by atoms with van der Waals surface area (Å²) in [5.74, 6) is -0.412. The van der Waals surface area contributed by atoms with Crippen molar-refractivity contribution in [3.63, 3.8) is 0 Å². The van der Waals surface area contributed by atoms with Crippen LogP contribution < -0.4 is 25.9 Å². The summed E-state index contributed by atoms with van der Waals surface area (Å²) in [5.41, 5.74) is 0.345. The van der Waals surface area contributed by atoms with Crippen LogP contribution in [0.2, 0.25) is 0 Å². The molecule has 0 atom stereocenters. The van der Waals surface area contributed by atoms with Crippen molar-refractivity contribution in [3.8, 4) is 11.5 Å². The van der Waals surface area contributed by atoms with Gasteiger partial charge in [0.05, 0.1) is 18.1 Å². The van der Waals surface area contributed by atoms with Crippen LogP contribution in [-0.4, -0.2) is 29.2 Å². The summed E-state index contributed by atoms with van der Waals surface area (Å²) < 4.78 is 35.5. The van der Waals surface area contributed by atoms with Gasteiger partial charge in [0, 0.05) is 18.7 Å². The number of H-pyrrole nitrogens is 1. The monoisotopic (exact) mass is 419 g/mol. The van der Waals surface area contributed by atoms with Crippen LogP contribution in [0.25, 0.3) is 11.0 Å². The number of nitrogens with one attached hydrogen (secondary N) is 2. The second-order valence-electron chi connectivity index (χ2n) is 6.28. The molecule has 2 N–H and O–H groups in total. The first-order chi connectivity index (χ1) is 14.3. The molecule has 1 aromatic heterocycles. The van der Waals surface area contributed by atoms with Gasteiger partial charge in [0.25, 0.3) is 5.91 Å². The van der Waals surface area contributed by atoms with Gasteiger partial charge in [-0.1, -0.05) is 6.07 Å². The number of halogens is 2. The van der Waals surface area contributed by atoms with Crippen molar-refractivity contribution < 1.29 is 23.0 Å². The van der Waals surface area contributed by atoms with Gasteiger partial charge in [-0.2, -0.15) is 8.78 Å². The molecule has 30 heavy (non-hydrogen) atoms. The summed E-state index contributed by atoms with van der Waals surface area (Å²) in [6.45, 7) is -0.814. The van der Waals surface area contributed by atoms with Crippen LogP contribution in [0.1, 0.15) is 22.8 Å². The minimum absolute atomic E-state index is 0.104. The summed E-state index contributed by atoms with van der Waals surface area (Å²) in [5, 5.41) is 2.70. The van der Waals surface area contributed by atoms with E-state index in [1.807, 2.05) is 0 Å². The molecule has 0 bridgehead atoms. The Morgan fingerprint density at radius 3 is 2.60 bits per heavy atom. The van der Waals surface area contributed by atoms with Crippen molar-refractivity contribution in [1.82, 2.24) is 14.9 Å². The lowest BCUT2D eigenvalue weighted by atomic mass is 10.1. The van der Waals surface area contributed by atoms with Gasteiger partial charge in [0.2, 0.25) is 0 Å². The van der Waals surface area contributed by atoms with E-state index in [1.54, 1.807) is 19.1 Å². The first-order valence-electron chi connectivity index (χ1n) is 9.00. The fourth-order valence-corrected chi connectivity index (χ4v) is 3.03. The highest BCUT2D eigenvalue weighted by atomic mass is 19.3. The molecule has 0 aliphatic rings. The van der Waals surface area contributed by atoms with E-state index in [1.165, 1.54) is 35.9 Å². The Morgan fingerprint density at radius 1 is 1.17 bits per heavy atom. The second kappa shape index (κ2) is 8.76. The van der Waals surface area contributed by atoms with Crippen LogP contribution >= 0.6 is 0 Å². The quantitative estimate of drug-likeness (QED) is 0.572. The number of ether oxygens (including phenoxy) is 2. The van der Waals surface area contributed by atoms with Crippen LogP contribution in [0.4, 0.5) is 8.78 Å². The van der Waals surface area contributed by atoms with E-state index in [4.69, 9.17) is 4.74 Å². The van der Waals surface area contributed by atoms with Crippen molar-refractivity contribution in [2.45, 2.75) is 26.6 Å². The zero-order valence-electron chi connectivity index (χ0n) is 16.2. The van der Waals surface area contributed by atoms with Crippen molar-refractivity contribution in [3.05, 3.63) is 68.2 Å². The third-order valence-electron chi connectivity index (χ3n) is 4.45. The predicted octanol–water partition coefficient (Wildman–Crippen LogP) is 2.25. The zero-order valence-corrected chi connectivity index (χ0v) is 16.2. The molecule has 10 heteroatoms. The maximum Gasteiger partial charge on any atom is 0.387 e. The molecule has 0 fully saturated rings. The van der Waals surface area contributed by atoms with Gasteiger partial charge in [-0.3, -0.25) is 14.4 Å². The summed E-state index contributed by atoms with van der Waals surface area (Å²) in [4.78, 5) is 38.7. The number of aromatic amines is 1. The Kier molecular flexibility index (Phi) is 6.14. The number of benzene rings is 2. The van der Waals surface area contributed by atoms with E-state index in [-0.39, 0.29) is 23.6 Å². The zero-order chi connectivity index (χ0) is 21.8. The van der Waals surface area contributed by atoms with Crippen molar-refractivity contribution in [2.24, 2.45) is 0 Å². The van der Waals surface area contributed by atoms with Gasteiger partial charge >= 0.3 is 17.7 Å². The van der Waals surface area contributed by atoms with Crippen LogP contribution in [0.3, 0.4) is 0 Å². The van der Waals surface area contributed by atoms with E-state index >= 15 is 0 Å². The maximum absolute atomic E-state index is 12.5. The molecule has 0 aliphatic carbocycles. The third-order valence-corrected chi connectivity index (χ3v) is 4.45. The number of nitrogens with zero attached hydrogens (tertiary/aromatic N) is 1. The number of fused-ring (bicyclic) bond motifs is 1. The molecule has 8 nitrogen and oxygen atoms in total. The fraction of sp³-hybridized carbons (Fsp3) is 0.250. The summed E-state index contributed by atoms with van der Waals surface area (Å²) in [6.07, 6.45) is 0.